The lowest BCUT2D eigenvalue weighted by atomic mass is 10.3. The van der Waals surface area contributed by atoms with Gasteiger partial charge in [-0.25, -0.2) is 9.18 Å². The third-order valence-corrected chi connectivity index (χ3v) is 5.08. The first-order valence-corrected chi connectivity index (χ1v) is 9.74. The first-order valence-electron chi connectivity index (χ1n) is 9.36. The van der Waals surface area contributed by atoms with Gasteiger partial charge in [0.15, 0.2) is 11.6 Å². The number of benzene rings is 1. The summed E-state index contributed by atoms with van der Waals surface area (Å²) < 4.78 is 13.2. The number of carbonyl (C=O) groups excluding carboxylic acids is 1. The fraction of sp³-hybridized carbons (Fsp3) is 0.421. The van der Waals surface area contributed by atoms with Crippen molar-refractivity contribution in [3.63, 3.8) is 0 Å². The molecule has 150 valence electrons. The minimum Gasteiger partial charge on any atom is -0.356 e. The second-order valence-electron chi connectivity index (χ2n) is 6.46. The predicted molar refractivity (Wildman–Crippen MR) is 110 cm³/mol. The average molecular weight is 407 g/mol. The zero-order valence-electron chi connectivity index (χ0n) is 16.0. The largest absolute Gasteiger partial charge is 0.356 e. The van der Waals surface area contributed by atoms with E-state index in [1.54, 1.807) is 4.90 Å². The molecule has 9 heteroatoms. The molecule has 0 unspecified atom stereocenters. The fourth-order valence-corrected chi connectivity index (χ4v) is 3.30. The molecular weight excluding hydrogens is 383 g/mol. The van der Waals surface area contributed by atoms with Crippen LogP contribution in [0.3, 0.4) is 0 Å². The van der Waals surface area contributed by atoms with Crippen LogP contribution in [0.5, 0.6) is 0 Å². The normalized spacial score (nSPS) is 14.1. The van der Waals surface area contributed by atoms with Crippen LogP contribution in [0.15, 0.2) is 30.3 Å². The lowest BCUT2D eigenvalue weighted by Crippen LogP contribution is -2.50. The van der Waals surface area contributed by atoms with Gasteiger partial charge in [0, 0.05) is 45.0 Å². The van der Waals surface area contributed by atoms with Crippen LogP contribution in [0.2, 0.25) is 5.02 Å². The summed E-state index contributed by atoms with van der Waals surface area (Å²) in [6, 6.07) is 7.84. The van der Waals surface area contributed by atoms with E-state index in [-0.39, 0.29) is 11.1 Å². The van der Waals surface area contributed by atoms with Gasteiger partial charge in [-0.05, 0) is 44.2 Å². The second kappa shape index (κ2) is 9.05. The smallest absolute Gasteiger partial charge is 0.321 e. The zero-order valence-corrected chi connectivity index (χ0v) is 16.8. The van der Waals surface area contributed by atoms with Crippen molar-refractivity contribution in [2.45, 2.75) is 13.8 Å². The molecule has 1 aliphatic rings. The SMILES string of the molecule is CCN(CC)c1ccc(N2CCN(C(=O)Nc3ccc(F)c(Cl)c3)CC2)nn1. The molecule has 3 rings (SSSR count). The van der Waals surface area contributed by atoms with Gasteiger partial charge in [0.1, 0.15) is 5.82 Å². The summed E-state index contributed by atoms with van der Waals surface area (Å²) in [5, 5.41) is 11.4. The maximum atomic E-state index is 13.2. The third-order valence-electron chi connectivity index (χ3n) is 4.79. The van der Waals surface area contributed by atoms with Crippen molar-refractivity contribution >= 4 is 35.0 Å². The van der Waals surface area contributed by atoms with Gasteiger partial charge in [-0.3, -0.25) is 0 Å². The Balaban J connectivity index is 1.55. The Hall–Kier alpha value is -2.61. The Morgan fingerprint density at radius 3 is 2.43 bits per heavy atom. The Bertz CT molecular complexity index is 807. The van der Waals surface area contributed by atoms with E-state index in [4.69, 9.17) is 11.6 Å². The number of nitrogens with one attached hydrogen (secondary N) is 1. The summed E-state index contributed by atoms with van der Waals surface area (Å²) in [5.41, 5.74) is 0.469. The molecule has 28 heavy (non-hydrogen) atoms. The number of amides is 2. The molecule has 1 saturated heterocycles. The first-order chi connectivity index (χ1) is 13.5. The fourth-order valence-electron chi connectivity index (χ4n) is 3.12. The van der Waals surface area contributed by atoms with Crippen LogP contribution in [0.1, 0.15) is 13.8 Å². The molecule has 1 fully saturated rings. The molecule has 1 aromatic carbocycles. The quantitative estimate of drug-likeness (QED) is 0.823. The van der Waals surface area contributed by atoms with Crippen molar-refractivity contribution in [3.8, 4) is 0 Å². The number of carbonyl (C=O) groups is 1. The van der Waals surface area contributed by atoms with Crippen LogP contribution >= 0.6 is 11.6 Å². The number of nitrogens with zero attached hydrogens (tertiary/aromatic N) is 5. The standard InChI is InChI=1S/C19H24ClFN6O/c1-3-25(4-2)17-7-8-18(24-23-17)26-9-11-27(12-10-26)19(28)22-14-5-6-16(21)15(20)13-14/h5-8,13H,3-4,9-12H2,1-2H3,(H,22,28). The molecule has 0 bridgehead atoms. The van der Waals surface area contributed by atoms with Crippen LogP contribution in [0.4, 0.5) is 26.5 Å². The number of rotatable bonds is 5. The van der Waals surface area contributed by atoms with Gasteiger partial charge in [-0.15, -0.1) is 10.2 Å². The summed E-state index contributed by atoms with van der Waals surface area (Å²) in [6.45, 7) is 8.38. The van der Waals surface area contributed by atoms with Gasteiger partial charge in [-0.2, -0.15) is 0 Å². The number of aromatic nitrogens is 2. The summed E-state index contributed by atoms with van der Waals surface area (Å²) in [4.78, 5) is 18.4. The van der Waals surface area contributed by atoms with Gasteiger partial charge < -0.3 is 20.0 Å². The summed E-state index contributed by atoms with van der Waals surface area (Å²) >= 11 is 5.76. The van der Waals surface area contributed by atoms with Crippen molar-refractivity contribution in [1.82, 2.24) is 15.1 Å². The first kappa shape index (κ1) is 20.1. The van der Waals surface area contributed by atoms with E-state index in [0.29, 0.717) is 31.9 Å². The predicted octanol–water partition coefficient (Wildman–Crippen LogP) is 3.47. The highest BCUT2D eigenvalue weighted by atomic mass is 35.5. The van der Waals surface area contributed by atoms with Crippen LogP contribution in [0, 0.1) is 5.82 Å². The van der Waals surface area contributed by atoms with Crippen molar-refractivity contribution in [2.24, 2.45) is 0 Å². The van der Waals surface area contributed by atoms with Crippen molar-refractivity contribution in [3.05, 3.63) is 41.2 Å². The van der Waals surface area contributed by atoms with E-state index in [1.807, 2.05) is 12.1 Å². The number of halogens is 2. The molecule has 1 N–H and O–H groups in total. The monoisotopic (exact) mass is 406 g/mol. The maximum Gasteiger partial charge on any atom is 0.321 e. The zero-order chi connectivity index (χ0) is 20.1. The minimum atomic E-state index is -0.513. The average Bonchev–Trinajstić information content (AvgIpc) is 2.72. The Morgan fingerprint density at radius 1 is 1.14 bits per heavy atom. The molecule has 1 aliphatic heterocycles. The maximum absolute atomic E-state index is 13.2. The molecular formula is C19H24ClFN6O. The van der Waals surface area contributed by atoms with Crippen molar-refractivity contribution < 1.29 is 9.18 Å². The summed E-state index contributed by atoms with van der Waals surface area (Å²) in [6.07, 6.45) is 0. The van der Waals surface area contributed by atoms with Gasteiger partial charge >= 0.3 is 6.03 Å². The highest BCUT2D eigenvalue weighted by Crippen LogP contribution is 2.20. The van der Waals surface area contributed by atoms with Crippen LogP contribution in [0.25, 0.3) is 0 Å². The van der Waals surface area contributed by atoms with Crippen molar-refractivity contribution in [2.75, 3.05) is 54.4 Å². The van der Waals surface area contributed by atoms with Crippen LogP contribution < -0.4 is 15.1 Å². The highest BCUT2D eigenvalue weighted by Gasteiger charge is 2.22. The molecule has 0 aliphatic carbocycles. The van der Waals surface area contributed by atoms with Gasteiger partial charge in [-0.1, -0.05) is 11.6 Å². The lowest BCUT2D eigenvalue weighted by molar-refractivity contribution is 0.208. The number of urea groups is 1. The molecule has 7 nitrogen and oxygen atoms in total. The topological polar surface area (TPSA) is 64.6 Å². The Labute approximate surface area is 169 Å². The van der Waals surface area contributed by atoms with E-state index in [0.717, 1.165) is 24.7 Å². The Kier molecular flexibility index (Phi) is 6.51. The second-order valence-corrected chi connectivity index (χ2v) is 6.86. The van der Waals surface area contributed by atoms with Gasteiger partial charge in [0.2, 0.25) is 0 Å². The number of piperazine rings is 1. The summed E-state index contributed by atoms with van der Waals surface area (Å²) in [5.74, 6) is 1.16. The summed E-state index contributed by atoms with van der Waals surface area (Å²) in [7, 11) is 0. The number of anilines is 3. The molecule has 2 amide bonds. The van der Waals surface area contributed by atoms with Crippen LogP contribution in [-0.4, -0.2) is 60.4 Å². The lowest BCUT2D eigenvalue weighted by Gasteiger charge is -2.35. The number of hydrogen-bond donors (Lipinski definition) is 1. The van der Waals surface area contributed by atoms with E-state index >= 15 is 0 Å². The number of hydrogen-bond acceptors (Lipinski definition) is 5. The molecule has 0 atom stereocenters. The Morgan fingerprint density at radius 2 is 1.86 bits per heavy atom. The molecule has 0 saturated carbocycles. The molecule has 1 aromatic heterocycles. The van der Waals surface area contributed by atoms with E-state index < -0.39 is 5.82 Å². The molecule has 2 aromatic rings. The van der Waals surface area contributed by atoms with Gasteiger partial charge in [0.25, 0.3) is 0 Å². The molecule has 0 spiro atoms. The van der Waals surface area contributed by atoms with E-state index in [1.165, 1.54) is 18.2 Å². The van der Waals surface area contributed by atoms with Crippen molar-refractivity contribution in [1.29, 1.82) is 0 Å². The molecule has 2 heterocycles. The molecule has 0 radical (unpaired) electrons. The van der Waals surface area contributed by atoms with Crippen LogP contribution in [-0.2, 0) is 0 Å². The van der Waals surface area contributed by atoms with Gasteiger partial charge in [0.05, 0.1) is 5.02 Å². The van der Waals surface area contributed by atoms with E-state index in [9.17, 15) is 9.18 Å². The third kappa shape index (κ3) is 4.62. The van der Waals surface area contributed by atoms with E-state index in [2.05, 4.69) is 39.2 Å². The minimum absolute atomic E-state index is 0.0191. The highest BCUT2D eigenvalue weighted by molar-refractivity contribution is 6.31.